The summed E-state index contributed by atoms with van der Waals surface area (Å²) in [4.78, 5) is 0. The Morgan fingerprint density at radius 2 is 1.26 bits per heavy atom. The minimum Gasteiger partial charge on any atom is -0.399 e. The second-order valence-corrected chi connectivity index (χ2v) is 8.30. The fourth-order valence-electron chi connectivity index (χ4n) is 3.69. The SMILES string of the molecule is CC1(C)OB(c2ccc(C3CCCCCCC3)cc2)OC1(C)C. The standard InChI is InChI=1S/C20H31BO2/c1-19(2)20(3,4)23-21(22-19)18-14-12-17(13-15-18)16-10-8-6-5-7-9-11-16/h12-16H,5-11H2,1-4H3. The molecule has 1 aliphatic heterocycles. The molecule has 1 aromatic rings. The first-order valence-corrected chi connectivity index (χ1v) is 9.34. The smallest absolute Gasteiger partial charge is 0.399 e. The summed E-state index contributed by atoms with van der Waals surface area (Å²) in [7, 11) is -0.244. The van der Waals surface area contributed by atoms with E-state index in [9.17, 15) is 0 Å². The van der Waals surface area contributed by atoms with Gasteiger partial charge in [-0.3, -0.25) is 0 Å². The van der Waals surface area contributed by atoms with Gasteiger partial charge >= 0.3 is 7.12 Å². The zero-order valence-corrected chi connectivity index (χ0v) is 15.2. The minimum atomic E-state index is -0.268. The van der Waals surface area contributed by atoms with Gasteiger partial charge in [-0.05, 0) is 57.5 Å². The van der Waals surface area contributed by atoms with E-state index in [2.05, 4.69) is 52.0 Å². The fraction of sp³-hybridized carbons (Fsp3) is 0.700. The van der Waals surface area contributed by atoms with Crippen LogP contribution >= 0.6 is 0 Å². The Labute approximate surface area is 142 Å². The van der Waals surface area contributed by atoms with Gasteiger partial charge in [-0.15, -0.1) is 0 Å². The zero-order chi connectivity index (χ0) is 16.5. The van der Waals surface area contributed by atoms with E-state index in [4.69, 9.17) is 9.31 Å². The number of benzene rings is 1. The number of hydrogen-bond acceptors (Lipinski definition) is 2. The molecule has 0 spiro atoms. The van der Waals surface area contributed by atoms with Crippen LogP contribution in [0.25, 0.3) is 0 Å². The first kappa shape index (κ1) is 17.0. The maximum Gasteiger partial charge on any atom is 0.494 e. The van der Waals surface area contributed by atoms with Gasteiger partial charge < -0.3 is 9.31 Å². The van der Waals surface area contributed by atoms with E-state index < -0.39 is 0 Å². The molecule has 2 aliphatic rings. The summed E-state index contributed by atoms with van der Waals surface area (Å²) in [6.45, 7) is 8.43. The Balaban J connectivity index is 1.70. The topological polar surface area (TPSA) is 18.5 Å². The molecule has 3 rings (SSSR count). The molecule has 0 radical (unpaired) electrons. The van der Waals surface area contributed by atoms with Crippen molar-refractivity contribution < 1.29 is 9.31 Å². The third kappa shape index (κ3) is 3.66. The Hall–Kier alpha value is -0.795. The minimum absolute atomic E-state index is 0.244. The van der Waals surface area contributed by atoms with E-state index in [1.54, 1.807) is 0 Å². The van der Waals surface area contributed by atoms with Crippen molar-refractivity contribution in [1.82, 2.24) is 0 Å². The molecule has 3 heteroatoms. The van der Waals surface area contributed by atoms with Crippen molar-refractivity contribution >= 4 is 12.6 Å². The maximum absolute atomic E-state index is 6.15. The van der Waals surface area contributed by atoms with Crippen molar-refractivity contribution in [2.45, 2.75) is 89.8 Å². The molecule has 0 unspecified atom stereocenters. The molecule has 1 heterocycles. The van der Waals surface area contributed by atoms with Crippen LogP contribution in [0.1, 0.15) is 84.1 Å². The molecule has 2 nitrogen and oxygen atoms in total. The Bertz CT molecular complexity index is 497. The highest BCUT2D eigenvalue weighted by atomic mass is 16.7. The van der Waals surface area contributed by atoms with Gasteiger partial charge in [0.1, 0.15) is 0 Å². The van der Waals surface area contributed by atoms with Crippen LogP contribution in [0.15, 0.2) is 24.3 Å². The van der Waals surface area contributed by atoms with E-state index in [0.717, 1.165) is 11.4 Å². The lowest BCUT2D eigenvalue weighted by Gasteiger charge is -2.32. The van der Waals surface area contributed by atoms with Crippen molar-refractivity contribution in [2.75, 3.05) is 0 Å². The molecule has 1 saturated heterocycles. The molecule has 2 fully saturated rings. The zero-order valence-electron chi connectivity index (χ0n) is 15.2. The second-order valence-electron chi connectivity index (χ2n) is 8.30. The molecule has 0 aromatic heterocycles. The van der Waals surface area contributed by atoms with Crippen LogP contribution in [-0.2, 0) is 9.31 Å². The monoisotopic (exact) mass is 314 g/mol. The van der Waals surface area contributed by atoms with Crippen LogP contribution in [0.5, 0.6) is 0 Å². The first-order valence-electron chi connectivity index (χ1n) is 9.34. The third-order valence-corrected chi connectivity index (χ3v) is 6.04. The van der Waals surface area contributed by atoms with Crippen LogP contribution in [0, 0.1) is 0 Å². The number of rotatable bonds is 2. The van der Waals surface area contributed by atoms with E-state index in [1.165, 1.54) is 50.5 Å². The van der Waals surface area contributed by atoms with E-state index in [-0.39, 0.29) is 18.3 Å². The highest BCUT2D eigenvalue weighted by Crippen LogP contribution is 2.36. The summed E-state index contributed by atoms with van der Waals surface area (Å²) in [6, 6.07) is 9.01. The molecule has 0 atom stereocenters. The predicted octanol–water partition coefficient (Wildman–Crippen LogP) is 4.81. The highest BCUT2D eigenvalue weighted by molar-refractivity contribution is 6.62. The highest BCUT2D eigenvalue weighted by Gasteiger charge is 2.51. The summed E-state index contributed by atoms with van der Waals surface area (Å²) >= 11 is 0. The molecule has 1 aromatic carbocycles. The average Bonchev–Trinajstić information content (AvgIpc) is 2.67. The van der Waals surface area contributed by atoms with Gasteiger partial charge in [-0.1, -0.05) is 56.4 Å². The molecular formula is C20H31BO2. The number of hydrogen-bond donors (Lipinski definition) is 0. The predicted molar refractivity (Wildman–Crippen MR) is 97.2 cm³/mol. The average molecular weight is 314 g/mol. The van der Waals surface area contributed by atoms with Gasteiger partial charge in [-0.2, -0.15) is 0 Å². The van der Waals surface area contributed by atoms with Crippen LogP contribution in [0.4, 0.5) is 0 Å². The lowest BCUT2D eigenvalue weighted by Crippen LogP contribution is -2.41. The molecule has 0 N–H and O–H groups in total. The largest absolute Gasteiger partial charge is 0.494 e. The summed E-state index contributed by atoms with van der Waals surface area (Å²) < 4.78 is 12.3. The Morgan fingerprint density at radius 1 is 0.783 bits per heavy atom. The lowest BCUT2D eigenvalue weighted by molar-refractivity contribution is 0.00578. The van der Waals surface area contributed by atoms with E-state index in [0.29, 0.717) is 0 Å². The molecular weight excluding hydrogens is 283 g/mol. The van der Waals surface area contributed by atoms with Crippen LogP contribution in [0.2, 0.25) is 0 Å². The summed E-state index contributed by atoms with van der Waals surface area (Å²) in [5.41, 5.74) is 2.09. The summed E-state index contributed by atoms with van der Waals surface area (Å²) in [6.07, 6.45) is 9.68. The van der Waals surface area contributed by atoms with Gasteiger partial charge in [0, 0.05) is 0 Å². The summed E-state index contributed by atoms with van der Waals surface area (Å²) in [5, 5.41) is 0. The van der Waals surface area contributed by atoms with Gasteiger partial charge in [0.25, 0.3) is 0 Å². The lowest BCUT2D eigenvalue weighted by atomic mass is 9.77. The quantitative estimate of drug-likeness (QED) is 0.729. The van der Waals surface area contributed by atoms with E-state index >= 15 is 0 Å². The van der Waals surface area contributed by atoms with Crippen molar-refractivity contribution in [3.63, 3.8) is 0 Å². The van der Waals surface area contributed by atoms with Crippen LogP contribution in [-0.4, -0.2) is 18.3 Å². The van der Waals surface area contributed by atoms with Gasteiger partial charge in [0.15, 0.2) is 0 Å². The van der Waals surface area contributed by atoms with Crippen molar-refractivity contribution in [3.05, 3.63) is 29.8 Å². The normalized spacial score (nSPS) is 25.1. The maximum atomic E-state index is 6.15. The van der Waals surface area contributed by atoms with Gasteiger partial charge in [0.2, 0.25) is 0 Å². The molecule has 23 heavy (non-hydrogen) atoms. The fourth-order valence-corrected chi connectivity index (χ4v) is 3.69. The Kier molecular flexibility index (Phi) is 4.89. The third-order valence-electron chi connectivity index (χ3n) is 6.04. The molecule has 0 bridgehead atoms. The Morgan fingerprint density at radius 3 is 1.78 bits per heavy atom. The van der Waals surface area contributed by atoms with E-state index in [1.807, 2.05) is 0 Å². The van der Waals surface area contributed by atoms with Crippen LogP contribution < -0.4 is 5.46 Å². The van der Waals surface area contributed by atoms with Gasteiger partial charge in [0.05, 0.1) is 11.2 Å². The van der Waals surface area contributed by atoms with Gasteiger partial charge in [-0.25, -0.2) is 0 Å². The van der Waals surface area contributed by atoms with Crippen LogP contribution in [0.3, 0.4) is 0 Å². The molecule has 0 amide bonds. The summed E-state index contributed by atoms with van der Waals surface area (Å²) in [5.74, 6) is 0.739. The molecule has 1 saturated carbocycles. The van der Waals surface area contributed by atoms with Crippen molar-refractivity contribution in [3.8, 4) is 0 Å². The first-order chi connectivity index (χ1) is 10.9. The second kappa shape index (κ2) is 6.60. The van der Waals surface area contributed by atoms with Crippen molar-refractivity contribution in [2.24, 2.45) is 0 Å². The van der Waals surface area contributed by atoms with Crippen molar-refractivity contribution in [1.29, 1.82) is 0 Å². The molecule has 126 valence electrons. The molecule has 1 aliphatic carbocycles.